The Morgan fingerprint density at radius 3 is 2.48 bits per heavy atom. The van der Waals surface area contributed by atoms with Crippen molar-refractivity contribution >= 4 is 27.2 Å². The molecule has 0 saturated heterocycles. The number of aryl methyl sites for hydroxylation is 1. The SMILES string of the molecule is Cc1cc(C(N)=S)ccc1S(=O)(=O)NCCCC(F)(F)F. The second-order valence-electron chi connectivity index (χ2n) is 4.46. The molecule has 0 spiro atoms. The predicted molar refractivity (Wildman–Crippen MR) is 77.5 cm³/mol. The zero-order valence-corrected chi connectivity index (χ0v) is 12.8. The Balaban J connectivity index is 2.77. The van der Waals surface area contributed by atoms with Gasteiger partial charge in [-0.25, -0.2) is 13.1 Å². The highest BCUT2D eigenvalue weighted by atomic mass is 32.2. The minimum Gasteiger partial charge on any atom is -0.389 e. The molecule has 3 N–H and O–H groups in total. The normalized spacial score (nSPS) is 12.4. The average Bonchev–Trinajstić information content (AvgIpc) is 2.33. The van der Waals surface area contributed by atoms with E-state index in [4.69, 9.17) is 18.0 Å². The summed E-state index contributed by atoms with van der Waals surface area (Å²) in [6, 6.07) is 4.31. The molecule has 9 heteroatoms. The highest BCUT2D eigenvalue weighted by Gasteiger charge is 2.26. The van der Waals surface area contributed by atoms with Gasteiger partial charge < -0.3 is 5.73 Å². The van der Waals surface area contributed by atoms with E-state index in [1.165, 1.54) is 18.2 Å². The molecular weight excluding hydrogens is 325 g/mol. The Hall–Kier alpha value is -1.19. The molecule has 0 aromatic heterocycles. The molecule has 0 unspecified atom stereocenters. The molecule has 0 aliphatic rings. The van der Waals surface area contributed by atoms with Crippen molar-refractivity contribution in [1.29, 1.82) is 0 Å². The van der Waals surface area contributed by atoms with Gasteiger partial charge in [-0.15, -0.1) is 0 Å². The van der Waals surface area contributed by atoms with Crippen LogP contribution in [-0.4, -0.2) is 26.1 Å². The second-order valence-corrected chi connectivity index (χ2v) is 6.64. The van der Waals surface area contributed by atoms with Crippen molar-refractivity contribution in [2.75, 3.05) is 6.54 Å². The van der Waals surface area contributed by atoms with Gasteiger partial charge in [0.1, 0.15) is 4.99 Å². The molecule has 1 aromatic carbocycles. The van der Waals surface area contributed by atoms with Gasteiger partial charge in [0, 0.05) is 18.5 Å². The van der Waals surface area contributed by atoms with Crippen LogP contribution in [0.5, 0.6) is 0 Å². The molecule has 0 aliphatic heterocycles. The molecule has 118 valence electrons. The van der Waals surface area contributed by atoms with Gasteiger partial charge >= 0.3 is 6.18 Å². The van der Waals surface area contributed by atoms with E-state index >= 15 is 0 Å². The van der Waals surface area contributed by atoms with E-state index in [0.717, 1.165) is 0 Å². The van der Waals surface area contributed by atoms with Gasteiger partial charge in [0.25, 0.3) is 0 Å². The molecule has 0 heterocycles. The molecule has 0 fully saturated rings. The third-order valence-corrected chi connectivity index (χ3v) is 4.54. The third kappa shape index (κ3) is 5.60. The van der Waals surface area contributed by atoms with E-state index in [2.05, 4.69) is 4.72 Å². The summed E-state index contributed by atoms with van der Waals surface area (Å²) in [4.78, 5) is 0.134. The summed E-state index contributed by atoms with van der Waals surface area (Å²) in [5.41, 5.74) is 6.39. The van der Waals surface area contributed by atoms with E-state index in [-0.39, 0.29) is 22.8 Å². The smallest absolute Gasteiger partial charge is 0.389 e. The first kappa shape index (κ1) is 17.9. The van der Waals surface area contributed by atoms with Crippen molar-refractivity contribution in [3.8, 4) is 0 Å². The summed E-state index contributed by atoms with van der Waals surface area (Å²) in [5, 5.41) is 0. The Morgan fingerprint density at radius 1 is 1.38 bits per heavy atom. The molecule has 0 bridgehead atoms. The van der Waals surface area contributed by atoms with Crippen LogP contribution < -0.4 is 10.5 Å². The highest BCUT2D eigenvalue weighted by molar-refractivity contribution is 7.89. The number of sulfonamides is 1. The highest BCUT2D eigenvalue weighted by Crippen LogP contribution is 2.21. The second kappa shape index (κ2) is 6.71. The summed E-state index contributed by atoms with van der Waals surface area (Å²) in [5.74, 6) is 0. The van der Waals surface area contributed by atoms with Crippen molar-refractivity contribution in [1.82, 2.24) is 4.72 Å². The van der Waals surface area contributed by atoms with Gasteiger partial charge in [-0.2, -0.15) is 13.2 Å². The van der Waals surface area contributed by atoms with Crippen LogP contribution >= 0.6 is 12.2 Å². The van der Waals surface area contributed by atoms with E-state index in [9.17, 15) is 21.6 Å². The number of thiocarbonyl (C=S) groups is 1. The largest absolute Gasteiger partial charge is 0.389 e. The lowest BCUT2D eigenvalue weighted by atomic mass is 10.1. The third-order valence-electron chi connectivity index (χ3n) is 2.68. The van der Waals surface area contributed by atoms with Crippen molar-refractivity contribution in [2.45, 2.75) is 30.8 Å². The van der Waals surface area contributed by atoms with E-state index in [1.54, 1.807) is 6.92 Å². The number of halogens is 3. The van der Waals surface area contributed by atoms with Gasteiger partial charge in [0.2, 0.25) is 10.0 Å². The molecule has 1 rings (SSSR count). The fourth-order valence-corrected chi connectivity index (χ4v) is 3.10. The zero-order chi connectivity index (χ0) is 16.3. The fourth-order valence-electron chi connectivity index (χ4n) is 1.68. The van der Waals surface area contributed by atoms with Gasteiger partial charge in [0.05, 0.1) is 4.90 Å². The van der Waals surface area contributed by atoms with E-state index in [0.29, 0.717) is 11.1 Å². The summed E-state index contributed by atoms with van der Waals surface area (Å²) in [7, 11) is -3.85. The van der Waals surface area contributed by atoms with Gasteiger partial charge in [-0.3, -0.25) is 0 Å². The van der Waals surface area contributed by atoms with Gasteiger partial charge in [-0.1, -0.05) is 18.3 Å². The molecule has 0 atom stereocenters. The number of rotatable bonds is 6. The number of benzene rings is 1. The van der Waals surface area contributed by atoms with Crippen LogP contribution in [0.4, 0.5) is 13.2 Å². The number of hydrogen-bond donors (Lipinski definition) is 2. The Morgan fingerprint density at radius 2 is 2.00 bits per heavy atom. The molecule has 0 saturated carbocycles. The molecule has 21 heavy (non-hydrogen) atoms. The lowest BCUT2D eigenvalue weighted by molar-refractivity contribution is -0.135. The maximum atomic E-state index is 12.0. The lowest BCUT2D eigenvalue weighted by Crippen LogP contribution is -2.26. The van der Waals surface area contributed by atoms with Crippen molar-refractivity contribution in [3.63, 3.8) is 0 Å². The number of nitrogens with one attached hydrogen (secondary N) is 1. The molecule has 4 nitrogen and oxygen atoms in total. The maximum absolute atomic E-state index is 12.0. The van der Waals surface area contributed by atoms with E-state index < -0.39 is 22.6 Å². The average molecular weight is 340 g/mol. The lowest BCUT2D eigenvalue weighted by Gasteiger charge is -2.11. The van der Waals surface area contributed by atoms with Crippen LogP contribution in [0.25, 0.3) is 0 Å². The molecular formula is C12H15F3N2O2S2. The Bertz CT molecular complexity index is 628. The van der Waals surface area contributed by atoms with Crippen LogP contribution in [0, 0.1) is 6.92 Å². The Labute approximate surface area is 126 Å². The summed E-state index contributed by atoms with van der Waals surface area (Å²) in [6.07, 6.45) is -5.64. The van der Waals surface area contributed by atoms with Crippen molar-refractivity contribution < 1.29 is 21.6 Å². The zero-order valence-electron chi connectivity index (χ0n) is 11.2. The number of alkyl halides is 3. The maximum Gasteiger partial charge on any atom is 0.389 e. The van der Waals surface area contributed by atoms with Gasteiger partial charge in [0.15, 0.2) is 0 Å². The molecule has 0 radical (unpaired) electrons. The van der Waals surface area contributed by atoms with Crippen LogP contribution in [0.3, 0.4) is 0 Å². The van der Waals surface area contributed by atoms with Crippen molar-refractivity contribution in [2.24, 2.45) is 5.73 Å². The fraction of sp³-hybridized carbons (Fsp3) is 0.417. The summed E-state index contributed by atoms with van der Waals surface area (Å²) >= 11 is 4.79. The number of nitrogens with two attached hydrogens (primary N) is 1. The summed E-state index contributed by atoms with van der Waals surface area (Å²) < 4.78 is 62.1. The van der Waals surface area contributed by atoms with Crippen LogP contribution in [0.2, 0.25) is 0 Å². The topological polar surface area (TPSA) is 72.2 Å². The van der Waals surface area contributed by atoms with Crippen LogP contribution in [0.15, 0.2) is 23.1 Å². The monoisotopic (exact) mass is 340 g/mol. The Kier molecular flexibility index (Phi) is 5.71. The predicted octanol–water partition coefficient (Wildman–Crippen LogP) is 2.25. The first-order chi connectivity index (χ1) is 9.53. The van der Waals surface area contributed by atoms with E-state index in [1.807, 2.05) is 0 Å². The van der Waals surface area contributed by atoms with Crippen LogP contribution in [0.1, 0.15) is 24.0 Å². The summed E-state index contributed by atoms with van der Waals surface area (Å²) in [6.45, 7) is 1.28. The van der Waals surface area contributed by atoms with Crippen LogP contribution in [-0.2, 0) is 10.0 Å². The standard InChI is InChI=1S/C12H15F3N2O2S2/c1-8-7-9(11(16)20)3-4-10(8)21(18,19)17-6-2-5-12(13,14)15/h3-4,7,17H,2,5-6H2,1H3,(H2,16,20). The molecule has 1 aromatic rings. The molecule has 0 aliphatic carbocycles. The minimum absolute atomic E-state index is 0.00508. The number of hydrogen-bond acceptors (Lipinski definition) is 3. The first-order valence-corrected chi connectivity index (χ1v) is 7.89. The van der Waals surface area contributed by atoms with Gasteiger partial charge in [-0.05, 0) is 31.0 Å². The quantitative estimate of drug-likeness (QED) is 0.615. The first-order valence-electron chi connectivity index (χ1n) is 6.00. The molecule has 0 amide bonds. The minimum atomic E-state index is -4.29. The van der Waals surface area contributed by atoms with Crippen molar-refractivity contribution in [3.05, 3.63) is 29.3 Å².